The van der Waals surface area contributed by atoms with Crippen LogP contribution in [0.15, 0.2) is 4.42 Å². The van der Waals surface area contributed by atoms with Gasteiger partial charge in [0.05, 0.1) is 5.69 Å². The van der Waals surface area contributed by atoms with Crippen LogP contribution in [0.2, 0.25) is 0 Å². The summed E-state index contributed by atoms with van der Waals surface area (Å²) >= 11 is 0. The highest BCUT2D eigenvalue weighted by molar-refractivity contribution is 5.87. The van der Waals surface area contributed by atoms with E-state index in [4.69, 9.17) is 4.42 Å². The molecule has 1 N–H and O–H groups in total. The quantitative estimate of drug-likeness (QED) is 0.842. The third kappa shape index (κ3) is 3.45. The highest BCUT2D eigenvalue weighted by atomic mass is 16.4. The van der Waals surface area contributed by atoms with Crippen molar-refractivity contribution in [1.29, 1.82) is 0 Å². The van der Waals surface area contributed by atoms with Gasteiger partial charge >= 0.3 is 18.1 Å². The van der Waals surface area contributed by atoms with Crippen LogP contribution in [0.1, 0.15) is 11.5 Å². The minimum atomic E-state index is -0.256. The molecule has 2 heterocycles. The molecule has 8 nitrogen and oxygen atoms in total. The molecule has 1 aromatic rings. The Morgan fingerprint density at radius 3 is 2.19 bits per heavy atom. The van der Waals surface area contributed by atoms with Gasteiger partial charge in [0, 0.05) is 40.3 Å². The molecule has 0 radical (unpaired) electrons. The number of carbonyl (C=O) groups is 2. The van der Waals surface area contributed by atoms with Gasteiger partial charge in [-0.3, -0.25) is 5.32 Å². The number of amides is 4. The fraction of sp³-hybridized carbons (Fsp3) is 0.615. The lowest BCUT2D eigenvalue weighted by atomic mass is 10.3. The fourth-order valence-corrected chi connectivity index (χ4v) is 2.08. The van der Waals surface area contributed by atoms with Gasteiger partial charge in [0.2, 0.25) is 0 Å². The number of carbonyl (C=O) groups excluding carboxylic acids is 2. The van der Waals surface area contributed by atoms with Crippen molar-refractivity contribution in [3.05, 3.63) is 11.5 Å². The standard InChI is InChI=1S/C13H21N5O3/c1-9-10(2)21-11(14-9)15-12(19)17-5-7-18(8-6-17)13(20)16(3)4/h5-8H2,1-4H3,(H,14,15,19). The summed E-state index contributed by atoms with van der Waals surface area (Å²) in [6, 6.07) is -0.0796. The SMILES string of the molecule is Cc1nc(NC(=O)N2CCN(C(=O)N(C)C)CC2)oc1C. The molecule has 1 saturated heterocycles. The van der Waals surface area contributed by atoms with Crippen molar-refractivity contribution in [2.75, 3.05) is 45.6 Å². The van der Waals surface area contributed by atoms with E-state index in [-0.39, 0.29) is 18.1 Å². The number of piperazine rings is 1. The molecule has 116 valence electrons. The lowest BCUT2D eigenvalue weighted by Crippen LogP contribution is -2.53. The smallest absolute Gasteiger partial charge is 0.325 e. The largest absolute Gasteiger partial charge is 0.428 e. The summed E-state index contributed by atoms with van der Waals surface area (Å²) in [4.78, 5) is 32.9. The highest BCUT2D eigenvalue weighted by Crippen LogP contribution is 2.14. The molecule has 0 aromatic carbocycles. The predicted octanol–water partition coefficient (Wildman–Crippen LogP) is 1.12. The minimum absolute atomic E-state index is 0.0333. The molecule has 1 aliphatic heterocycles. The van der Waals surface area contributed by atoms with Gasteiger partial charge in [-0.2, -0.15) is 4.98 Å². The van der Waals surface area contributed by atoms with Gasteiger partial charge in [-0.25, -0.2) is 9.59 Å². The number of aryl methyl sites for hydroxylation is 2. The lowest BCUT2D eigenvalue weighted by molar-refractivity contribution is 0.133. The number of rotatable bonds is 1. The summed E-state index contributed by atoms with van der Waals surface area (Å²) in [5, 5.41) is 2.64. The zero-order valence-corrected chi connectivity index (χ0v) is 12.8. The number of aromatic nitrogens is 1. The van der Waals surface area contributed by atoms with E-state index in [2.05, 4.69) is 10.3 Å². The number of urea groups is 2. The molecule has 4 amide bonds. The number of nitrogens with one attached hydrogen (secondary N) is 1. The predicted molar refractivity (Wildman–Crippen MR) is 77.2 cm³/mol. The minimum Gasteiger partial charge on any atom is -0.428 e. The monoisotopic (exact) mass is 295 g/mol. The summed E-state index contributed by atoms with van der Waals surface area (Å²) in [7, 11) is 3.43. The second kappa shape index (κ2) is 6.02. The zero-order chi connectivity index (χ0) is 15.6. The molecule has 8 heteroatoms. The zero-order valence-electron chi connectivity index (χ0n) is 12.8. The lowest BCUT2D eigenvalue weighted by Gasteiger charge is -2.35. The first-order valence-corrected chi connectivity index (χ1v) is 6.84. The van der Waals surface area contributed by atoms with E-state index in [1.54, 1.807) is 30.8 Å². The Kier molecular flexibility index (Phi) is 4.35. The first kappa shape index (κ1) is 15.1. The van der Waals surface area contributed by atoms with Crippen LogP contribution in [-0.4, -0.2) is 72.0 Å². The molecule has 21 heavy (non-hydrogen) atoms. The maximum absolute atomic E-state index is 12.1. The molecule has 0 unspecified atom stereocenters. The van der Waals surface area contributed by atoms with Crippen molar-refractivity contribution in [3.63, 3.8) is 0 Å². The Balaban J connectivity index is 1.87. The normalized spacial score (nSPS) is 15.0. The Morgan fingerprint density at radius 1 is 1.14 bits per heavy atom. The molecular weight excluding hydrogens is 274 g/mol. The average Bonchev–Trinajstić information content (AvgIpc) is 2.76. The molecule has 1 aromatic heterocycles. The highest BCUT2D eigenvalue weighted by Gasteiger charge is 2.25. The van der Waals surface area contributed by atoms with Crippen LogP contribution in [0.4, 0.5) is 15.6 Å². The van der Waals surface area contributed by atoms with Crippen LogP contribution in [0.3, 0.4) is 0 Å². The number of nitrogens with zero attached hydrogens (tertiary/aromatic N) is 4. The summed E-state index contributed by atoms with van der Waals surface area (Å²) in [5.41, 5.74) is 0.756. The molecule has 0 bridgehead atoms. The Hall–Kier alpha value is -2.25. The van der Waals surface area contributed by atoms with Crippen LogP contribution in [0, 0.1) is 13.8 Å². The third-order valence-corrected chi connectivity index (χ3v) is 3.46. The summed E-state index contributed by atoms with van der Waals surface area (Å²) in [6.45, 7) is 5.64. The van der Waals surface area contributed by atoms with E-state index in [0.29, 0.717) is 31.9 Å². The maximum Gasteiger partial charge on any atom is 0.325 e. The van der Waals surface area contributed by atoms with Gasteiger partial charge in [0.25, 0.3) is 0 Å². The first-order valence-electron chi connectivity index (χ1n) is 6.84. The number of oxazole rings is 1. The van der Waals surface area contributed by atoms with E-state index < -0.39 is 0 Å². The number of anilines is 1. The van der Waals surface area contributed by atoms with Gasteiger partial charge in [0.1, 0.15) is 5.76 Å². The van der Waals surface area contributed by atoms with Crippen molar-refractivity contribution in [2.24, 2.45) is 0 Å². The summed E-state index contributed by atoms with van der Waals surface area (Å²) < 4.78 is 5.33. The van der Waals surface area contributed by atoms with Gasteiger partial charge in [-0.15, -0.1) is 0 Å². The molecule has 1 fully saturated rings. The van der Waals surface area contributed by atoms with E-state index in [9.17, 15) is 9.59 Å². The van der Waals surface area contributed by atoms with Crippen molar-refractivity contribution in [1.82, 2.24) is 19.7 Å². The second-order valence-electron chi connectivity index (χ2n) is 5.24. The molecule has 0 aliphatic carbocycles. The molecule has 1 aliphatic rings. The van der Waals surface area contributed by atoms with Gasteiger partial charge in [-0.05, 0) is 13.8 Å². The third-order valence-electron chi connectivity index (χ3n) is 3.46. The van der Waals surface area contributed by atoms with E-state index in [1.165, 1.54) is 4.90 Å². The molecule has 0 saturated carbocycles. The van der Waals surface area contributed by atoms with Crippen LogP contribution in [0.5, 0.6) is 0 Å². The van der Waals surface area contributed by atoms with E-state index in [0.717, 1.165) is 5.69 Å². The van der Waals surface area contributed by atoms with E-state index in [1.807, 2.05) is 6.92 Å². The van der Waals surface area contributed by atoms with Gasteiger partial charge in [-0.1, -0.05) is 0 Å². The maximum atomic E-state index is 12.1. The van der Waals surface area contributed by atoms with Crippen molar-refractivity contribution in [2.45, 2.75) is 13.8 Å². The van der Waals surface area contributed by atoms with Crippen LogP contribution < -0.4 is 5.32 Å². The Bertz CT molecular complexity index is 512. The molecule has 0 atom stereocenters. The van der Waals surface area contributed by atoms with Crippen LogP contribution in [0.25, 0.3) is 0 Å². The molecule has 0 spiro atoms. The van der Waals surface area contributed by atoms with Crippen molar-refractivity contribution < 1.29 is 14.0 Å². The van der Waals surface area contributed by atoms with E-state index >= 15 is 0 Å². The number of hydrogen-bond acceptors (Lipinski definition) is 4. The van der Waals surface area contributed by atoms with Crippen molar-refractivity contribution >= 4 is 18.1 Å². The van der Waals surface area contributed by atoms with Gasteiger partial charge < -0.3 is 19.1 Å². The second-order valence-corrected chi connectivity index (χ2v) is 5.24. The van der Waals surface area contributed by atoms with Crippen LogP contribution >= 0.6 is 0 Å². The molecular formula is C13H21N5O3. The average molecular weight is 295 g/mol. The summed E-state index contributed by atoms with van der Waals surface area (Å²) in [5.74, 6) is 0.687. The Labute approximate surface area is 123 Å². The topological polar surface area (TPSA) is 81.9 Å². The molecule has 2 rings (SSSR count). The van der Waals surface area contributed by atoms with Crippen molar-refractivity contribution in [3.8, 4) is 0 Å². The van der Waals surface area contributed by atoms with Gasteiger partial charge in [0.15, 0.2) is 0 Å². The Morgan fingerprint density at radius 2 is 1.71 bits per heavy atom. The fourth-order valence-electron chi connectivity index (χ4n) is 2.08. The number of hydrogen-bond donors (Lipinski definition) is 1. The van der Waals surface area contributed by atoms with Crippen LogP contribution in [-0.2, 0) is 0 Å². The first-order chi connectivity index (χ1) is 9.88. The summed E-state index contributed by atoms with van der Waals surface area (Å²) in [6.07, 6.45) is 0.